The van der Waals surface area contributed by atoms with Crippen molar-refractivity contribution in [2.75, 3.05) is 14.2 Å². The number of rotatable bonds is 2. The van der Waals surface area contributed by atoms with Crippen molar-refractivity contribution in [1.82, 2.24) is 4.98 Å². The molecule has 0 bridgehead atoms. The van der Waals surface area contributed by atoms with Gasteiger partial charge in [0.05, 0.1) is 19.6 Å². The molecule has 0 amide bonds. The Morgan fingerprint density at radius 1 is 1.18 bits per heavy atom. The lowest BCUT2D eigenvalue weighted by atomic mass is 10.1. The predicted molar refractivity (Wildman–Crippen MR) is 78.5 cm³/mol. The van der Waals surface area contributed by atoms with E-state index in [0.29, 0.717) is 11.1 Å². The lowest BCUT2D eigenvalue weighted by Crippen LogP contribution is -2.16. The van der Waals surface area contributed by atoms with Crippen molar-refractivity contribution in [2.24, 2.45) is 0 Å². The van der Waals surface area contributed by atoms with E-state index in [-0.39, 0.29) is 22.2 Å². The minimum atomic E-state index is -0.746. The highest BCUT2D eigenvalue weighted by molar-refractivity contribution is 6.04. The van der Waals surface area contributed by atoms with Gasteiger partial charge in [0.2, 0.25) is 0 Å². The number of hydrogen-bond donors (Lipinski definition) is 1. The molecule has 7 nitrogen and oxygen atoms in total. The molecule has 0 saturated heterocycles. The zero-order valence-corrected chi connectivity index (χ0v) is 11.8. The zero-order chi connectivity index (χ0) is 15.9. The number of aromatic nitrogens is 1. The first-order valence-corrected chi connectivity index (χ1v) is 6.31. The van der Waals surface area contributed by atoms with Crippen molar-refractivity contribution < 1.29 is 18.7 Å². The summed E-state index contributed by atoms with van der Waals surface area (Å²) < 4.78 is 14.8. The van der Waals surface area contributed by atoms with Gasteiger partial charge < -0.3 is 18.9 Å². The molecule has 3 aromatic rings. The van der Waals surface area contributed by atoms with Crippen molar-refractivity contribution in [3.05, 3.63) is 50.6 Å². The highest BCUT2D eigenvalue weighted by Crippen LogP contribution is 2.24. The van der Waals surface area contributed by atoms with E-state index < -0.39 is 17.0 Å². The minimum Gasteiger partial charge on any atom is -0.497 e. The van der Waals surface area contributed by atoms with Crippen LogP contribution in [0.3, 0.4) is 0 Å². The molecular weight excluding hydrogens is 290 g/mol. The number of methoxy groups -OCH3 is 2. The molecule has 0 aliphatic rings. The number of carbonyl (C=O) groups excluding carboxylic acids is 1. The third kappa shape index (κ3) is 2.03. The number of hydrogen-bond acceptors (Lipinski definition) is 6. The summed E-state index contributed by atoms with van der Waals surface area (Å²) in [6, 6.07) is 5.84. The summed E-state index contributed by atoms with van der Waals surface area (Å²) in [6.07, 6.45) is 0. The summed E-state index contributed by atoms with van der Waals surface area (Å²) >= 11 is 0. The molecule has 1 aromatic carbocycles. The third-order valence-corrected chi connectivity index (χ3v) is 3.30. The molecule has 112 valence electrons. The Kier molecular flexibility index (Phi) is 3.17. The first kappa shape index (κ1) is 13.9. The fourth-order valence-corrected chi connectivity index (χ4v) is 2.27. The Morgan fingerprint density at radius 2 is 1.95 bits per heavy atom. The molecule has 3 rings (SSSR count). The molecule has 0 saturated carbocycles. The van der Waals surface area contributed by atoms with Gasteiger partial charge in [0.15, 0.2) is 5.43 Å². The number of benzene rings is 1. The Morgan fingerprint density at radius 3 is 2.64 bits per heavy atom. The second-order valence-electron chi connectivity index (χ2n) is 4.54. The van der Waals surface area contributed by atoms with Crippen molar-refractivity contribution in [1.29, 1.82) is 0 Å². The Hall–Kier alpha value is -3.09. The first-order chi connectivity index (χ1) is 10.5. The number of aromatic amines is 1. The average Bonchev–Trinajstić information content (AvgIpc) is 2.53. The Bertz CT molecular complexity index is 1010. The SMILES string of the molecule is COC(=O)c1cc(=O)c2c([nH]1)c(=O)oc1ccc(OC)cc12. The quantitative estimate of drug-likeness (QED) is 0.437. The van der Waals surface area contributed by atoms with Crippen LogP contribution in [0.1, 0.15) is 10.5 Å². The number of ether oxygens (including phenoxy) is 2. The Labute approximate surface area is 123 Å². The molecule has 0 fully saturated rings. The summed E-state index contributed by atoms with van der Waals surface area (Å²) in [5, 5.41) is 0.560. The fourth-order valence-electron chi connectivity index (χ4n) is 2.27. The monoisotopic (exact) mass is 301 g/mol. The van der Waals surface area contributed by atoms with E-state index in [1.807, 2.05) is 0 Å². The van der Waals surface area contributed by atoms with Crippen LogP contribution in [0.2, 0.25) is 0 Å². The van der Waals surface area contributed by atoms with E-state index >= 15 is 0 Å². The number of H-pyrrole nitrogens is 1. The largest absolute Gasteiger partial charge is 0.497 e. The maximum absolute atomic E-state index is 12.3. The minimum absolute atomic E-state index is 0.0892. The highest BCUT2D eigenvalue weighted by Gasteiger charge is 2.16. The van der Waals surface area contributed by atoms with Gasteiger partial charge >= 0.3 is 11.6 Å². The van der Waals surface area contributed by atoms with E-state index in [2.05, 4.69) is 9.72 Å². The molecule has 0 atom stereocenters. The molecule has 1 N–H and O–H groups in total. The molecule has 0 aliphatic carbocycles. The molecule has 2 heterocycles. The molecule has 0 spiro atoms. The summed E-state index contributed by atoms with van der Waals surface area (Å²) in [7, 11) is 2.67. The molecule has 0 radical (unpaired) electrons. The van der Waals surface area contributed by atoms with Crippen LogP contribution >= 0.6 is 0 Å². The maximum Gasteiger partial charge on any atom is 0.360 e. The van der Waals surface area contributed by atoms with Gasteiger partial charge in [-0.1, -0.05) is 0 Å². The van der Waals surface area contributed by atoms with E-state index in [9.17, 15) is 14.4 Å². The van der Waals surface area contributed by atoms with Crippen LogP contribution in [0.15, 0.2) is 38.3 Å². The van der Waals surface area contributed by atoms with E-state index in [4.69, 9.17) is 9.15 Å². The summed E-state index contributed by atoms with van der Waals surface area (Å²) in [6.45, 7) is 0. The van der Waals surface area contributed by atoms with E-state index in [1.165, 1.54) is 14.2 Å². The van der Waals surface area contributed by atoms with Crippen molar-refractivity contribution in [3.63, 3.8) is 0 Å². The van der Waals surface area contributed by atoms with Crippen LogP contribution in [0.25, 0.3) is 21.9 Å². The van der Waals surface area contributed by atoms with Crippen LogP contribution in [0.5, 0.6) is 5.75 Å². The zero-order valence-electron chi connectivity index (χ0n) is 11.8. The molecular formula is C15H11NO6. The van der Waals surface area contributed by atoms with E-state index in [1.54, 1.807) is 18.2 Å². The molecule has 0 aliphatic heterocycles. The number of esters is 1. The van der Waals surface area contributed by atoms with Crippen molar-refractivity contribution in [2.45, 2.75) is 0 Å². The maximum atomic E-state index is 12.3. The second kappa shape index (κ2) is 5.03. The van der Waals surface area contributed by atoms with Gasteiger partial charge in [-0.3, -0.25) is 4.79 Å². The van der Waals surface area contributed by atoms with Gasteiger partial charge in [0, 0.05) is 11.5 Å². The third-order valence-electron chi connectivity index (χ3n) is 3.30. The first-order valence-electron chi connectivity index (χ1n) is 6.31. The summed E-state index contributed by atoms with van der Waals surface area (Å²) in [4.78, 5) is 38.5. The fraction of sp³-hybridized carbons (Fsp3) is 0.133. The topological polar surface area (TPSA) is 98.6 Å². The van der Waals surface area contributed by atoms with Gasteiger partial charge in [0.25, 0.3) is 0 Å². The molecule has 7 heteroatoms. The van der Waals surface area contributed by atoms with Gasteiger partial charge in [-0.15, -0.1) is 0 Å². The van der Waals surface area contributed by atoms with Gasteiger partial charge in [-0.2, -0.15) is 0 Å². The van der Waals surface area contributed by atoms with Crippen LogP contribution in [-0.2, 0) is 4.74 Å². The van der Waals surface area contributed by atoms with Crippen molar-refractivity contribution in [3.8, 4) is 5.75 Å². The van der Waals surface area contributed by atoms with Crippen LogP contribution in [0.4, 0.5) is 0 Å². The second-order valence-corrected chi connectivity index (χ2v) is 4.54. The lowest BCUT2D eigenvalue weighted by Gasteiger charge is -2.06. The molecule has 0 unspecified atom stereocenters. The summed E-state index contributed by atoms with van der Waals surface area (Å²) in [5.41, 5.74) is -1.17. The van der Waals surface area contributed by atoms with Gasteiger partial charge in [0.1, 0.15) is 22.5 Å². The smallest absolute Gasteiger partial charge is 0.360 e. The average molecular weight is 301 g/mol. The number of carbonyl (C=O) groups is 1. The van der Waals surface area contributed by atoms with Gasteiger partial charge in [-0.25, -0.2) is 9.59 Å². The van der Waals surface area contributed by atoms with Crippen LogP contribution < -0.4 is 15.8 Å². The number of fused-ring (bicyclic) bond motifs is 3. The predicted octanol–water partition coefficient (Wildman–Crippen LogP) is 1.43. The number of pyridine rings is 1. The van der Waals surface area contributed by atoms with Gasteiger partial charge in [-0.05, 0) is 18.2 Å². The van der Waals surface area contributed by atoms with Crippen molar-refractivity contribution >= 4 is 27.8 Å². The normalized spacial score (nSPS) is 10.8. The standard InChI is InChI=1S/C15H11NO6/c1-20-7-3-4-11-8(5-7)12-10(17)6-9(14(18)21-2)16-13(12)15(19)22-11/h3-6H,1-2H3,(H,16,17). The Balaban J connectivity index is 2.50. The highest BCUT2D eigenvalue weighted by atomic mass is 16.5. The van der Waals surface area contributed by atoms with Crippen LogP contribution in [-0.4, -0.2) is 25.2 Å². The molecule has 22 heavy (non-hydrogen) atoms. The lowest BCUT2D eigenvalue weighted by molar-refractivity contribution is 0.0594. The van der Waals surface area contributed by atoms with E-state index in [0.717, 1.165) is 6.07 Å². The molecule has 2 aromatic heterocycles. The van der Waals surface area contributed by atoms with Crippen LogP contribution in [0, 0.1) is 0 Å². The summed E-state index contributed by atoms with van der Waals surface area (Å²) in [5.74, 6) is -0.233. The number of nitrogens with one attached hydrogen (secondary N) is 1.